The van der Waals surface area contributed by atoms with Crippen LogP contribution in [0.4, 0.5) is 0 Å². The molecule has 0 radical (unpaired) electrons. The van der Waals surface area contributed by atoms with Gasteiger partial charge >= 0.3 is 0 Å². The molecule has 2 aromatic rings. The summed E-state index contributed by atoms with van der Waals surface area (Å²) in [6.45, 7) is 11.4. The lowest BCUT2D eigenvalue weighted by atomic mass is 10.1. The van der Waals surface area contributed by atoms with Crippen molar-refractivity contribution in [2.24, 2.45) is 0 Å². The van der Waals surface area contributed by atoms with E-state index < -0.39 is 0 Å². The molecule has 0 aromatic carbocycles. The first kappa shape index (κ1) is 13.9. The quantitative estimate of drug-likeness (QED) is 0.897. The van der Waals surface area contributed by atoms with Crippen molar-refractivity contribution in [2.75, 3.05) is 0 Å². The number of aromatic nitrogens is 3. The first-order valence-electron chi connectivity index (χ1n) is 6.87. The van der Waals surface area contributed by atoms with Gasteiger partial charge in [0, 0.05) is 36.7 Å². The molecule has 104 valence electrons. The summed E-state index contributed by atoms with van der Waals surface area (Å²) < 4.78 is 4.46. The molecular formula is C15H24N4. The van der Waals surface area contributed by atoms with E-state index in [2.05, 4.69) is 65.5 Å². The summed E-state index contributed by atoms with van der Waals surface area (Å²) in [5.41, 5.74) is 2.69. The Balaban J connectivity index is 2.07. The molecule has 0 amide bonds. The summed E-state index contributed by atoms with van der Waals surface area (Å²) in [7, 11) is 0. The van der Waals surface area contributed by atoms with Crippen LogP contribution in [0.25, 0.3) is 0 Å². The topological polar surface area (TPSA) is 34.8 Å². The second-order valence-corrected chi connectivity index (χ2v) is 5.90. The summed E-state index contributed by atoms with van der Waals surface area (Å²) in [5, 5.41) is 3.53. The van der Waals surface area contributed by atoms with Crippen molar-refractivity contribution in [2.45, 2.75) is 52.9 Å². The molecule has 4 nitrogen and oxygen atoms in total. The highest BCUT2D eigenvalue weighted by molar-refractivity contribution is 5.11. The molecule has 2 rings (SSSR count). The zero-order valence-corrected chi connectivity index (χ0v) is 12.3. The van der Waals surface area contributed by atoms with E-state index in [1.54, 1.807) is 0 Å². The van der Waals surface area contributed by atoms with Crippen molar-refractivity contribution in [1.82, 2.24) is 19.4 Å². The molecule has 4 heteroatoms. The lowest BCUT2D eigenvalue weighted by Gasteiger charge is -2.21. The van der Waals surface area contributed by atoms with Crippen molar-refractivity contribution in [3.8, 4) is 0 Å². The maximum Gasteiger partial charge on any atom is 0.0948 e. The Morgan fingerprint density at radius 1 is 1.21 bits per heavy atom. The summed E-state index contributed by atoms with van der Waals surface area (Å²) >= 11 is 0. The molecule has 19 heavy (non-hydrogen) atoms. The lowest BCUT2D eigenvalue weighted by Crippen LogP contribution is -2.35. The van der Waals surface area contributed by atoms with Gasteiger partial charge in [0.25, 0.3) is 0 Å². The van der Waals surface area contributed by atoms with Crippen molar-refractivity contribution in [3.05, 3.63) is 42.2 Å². The summed E-state index contributed by atoms with van der Waals surface area (Å²) in [5.74, 6) is 0. The molecule has 0 aliphatic heterocycles. The van der Waals surface area contributed by atoms with E-state index in [-0.39, 0.29) is 5.54 Å². The molecular weight excluding hydrogens is 236 g/mol. The normalized spacial score (nSPS) is 12.0. The third-order valence-electron chi connectivity index (χ3n) is 3.19. The number of nitrogens with one attached hydrogen (secondary N) is 1. The van der Waals surface area contributed by atoms with Crippen molar-refractivity contribution < 1.29 is 0 Å². The average molecular weight is 260 g/mol. The minimum atomic E-state index is 0.139. The molecule has 2 aromatic heterocycles. The van der Waals surface area contributed by atoms with E-state index in [0.29, 0.717) is 0 Å². The van der Waals surface area contributed by atoms with Gasteiger partial charge in [-0.2, -0.15) is 0 Å². The monoisotopic (exact) mass is 260 g/mol. The van der Waals surface area contributed by atoms with Crippen molar-refractivity contribution >= 4 is 0 Å². The van der Waals surface area contributed by atoms with Gasteiger partial charge in [-0.05, 0) is 39.8 Å². The molecule has 0 saturated heterocycles. The van der Waals surface area contributed by atoms with Gasteiger partial charge in [0.2, 0.25) is 0 Å². The van der Waals surface area contributed by atoms with E-state index in [0.717, 1.165) is 19.6 Å². The molecule has 0 aliphatic rings. The Bertz CT molecular complexity index is 516. The first-order chi connectivity index (χ1) is 8.99. The zero-order valence-electron chi connectivity index (χ0n) is 12.3. The lowest BCUT2D eigenvalue weighted by molar-refractivity contribution is 0.416. The van der Waals surface area contributed by atoms with Crippen LogP contribution in [0.1, 0.15) is 39.1 Å². The minimum absolute atomic E-state index is 0.139. The second-order valence-electron chi connectivity index (χ2n) is 5.90. The molecule has 1 N–H and O–H groups in total. The molecule has 0 atom stereocenters. The Kier molecular flexibility index (Phi) is 4.10. The summed E-state index contributed by atoms with van der Waals surface area (Å²) in [6, 6.07) is 4.28. The van der Waals surface area contributed by atoms with Gasteiger partial charge in [-0.3, -0.25) is 0 Å². The van der Waals surface area contributed by atoms with Gasteiger partial charge in [0.15, 0.2) is 0 Å². The molecule has 0 bridgehead atoms. The van der Waals surface area contributed by atoms with E-state index in [4.69, 9.17) is 0 Å². The maximum atomic E-state index is 4.22. The van der Waals surface area contributed by atoms with Crippen LogP contribution in [-0.4, -0.2) is 19.7 Å². The smallest absolute Gasteiger partial charge is 0.0948 e. The van der Waals surface area contributed by atoms with Gasteiger partial charge in [-0.1, -0.05) is 0 Å². The molecule has 2 heterocycles. The molecule has 0 aliphatic carbocycles. The summed E-state index contributed by atoms with van der Waals surface area (Å²) in [6.07, 6.45) is 5.98. The van der Waals surface area contributed by atoms with Gasteiger partial charge in [-0.15, -0.1) is 0 Å². The number of nitrogens with zero attached hydrogens (tertiary/aromatic N) is 3. The molecule has 0 unspecified atom stereocenters. The number of hydrogen-bond acceptors (Lipinski definition) is 2. The predicted octanol–water partition coefficient (Wildman–Crippen LogP) is 2.64. The van der Waals surface area contributed by atoms with Crippen LogP contribution >= 0.6 is 0 Å². The van der Waals surface area contributed by atoms with Gasteiger partial charge in [0.05, 0.1) is 18.6 Å². The largest absolute Gasteiger partial charge is 0.344 e. The Labute approximate surface area is 115 Å². The van der Waals surface area contributed by atoms with Crippen molar-refractivity contribution in [3.63, 3.8) is 0 Å². The van der Waals surface area contributed by atoms with E-state index in [9.17, 15) is 0 Å². The summed E-state index contributed by atoms with van der Waals surface area (Å²) in [4.78, 5) is 4.22. The van der Waals surface area contributed by atoms with E-state index >= 15 is 0 Å². The Morgan fingerprint density at radius 3 is 2.68 bits per heavy atom. The van der Waals surface area contributed by atoms with Gasteiger partial charge in [0.1, 0.15) is 0 Å². The standard InChI is InChI=1S/C15H24N4/c1-5-18-12-16-9-14(18)11-19-8-6-7-13(19)10-17-15(2,3)4/h6-9,12,17H,5,10-11H2,1-4H3. The van der Waals surface area contributed by atoms with E-state index in [1.807, 2.05) is 12.5 Å². The van der Waals surface area contributed by atoms with Gasteiger partial charge < -0.3 is 14.5 Å². The van der Waals surface area contributed by atoms with E-state index in [1.165, 1.54) is 11.4 Å². The molecule has 0 spiro atoms. The van der Waals surface area contributed by atoms with Crippen LogP contribution in [0.15, 0.2) is 30.9 Å². The fourth-order valence-electron chi connectivity index (χ4n) is 2.06. The first-order valence-corrected chi connectivity index (χ1v) is 6.87. The van der Waals surface area contributed by atoms with Crippen LogP contribution in [0, 0.1) is 0 Å². The SMILES string of the molecule is CCn1cncc1Cn1cccc1CNC(C)(C)C. The van der Waals surface area contributed by atoms with Crippen LogP contribution in [0.5, 0.6) is 0 Å². The van der Waals surface area contributed by atoms with Crippen LogP contribution in [-0.2, 0) is 19.6 Å². The number of aryl methyl sites for hydroxylation is 1. The highest BCUT2D eigenvalue weighted by Crippen LogP contribution is 2.09. The molecule has 0 saturated carbocycles. The zero-order chi connectivity index (χ0) is 13.9. The minimum Gasteiger partial charge on any atom is -0.344 e. The van der Waals surface area contributed by atoms with Crippen molar-refractivity contribution in [1.29, 1.82) is 0 Å². The Morgan fingerprint density at radius 2 is 2.00 bits per heavy atom. The molecule has 0 fully saturated rings. The highest BCUT2D eigenvalue weighted by Gasteiger charge is 2.11. The Hall–Kier alpha value is -1.55. The van der Waals surface area contributed by atoms with Crippen LogP contribution in [0.3, 0.4) is 0 Å². The second kappa shape index (κ2) is 5.61. The number of hydrogen-bond donors (Lipinski definition) is 1. The fraction of sp³-hybridized carbons (Fsp3) is 0.533. The average Bonchev–Trinajstić information content (AvgIpc) is 2.95. The fourth-order valence-corrected chi connectivity index (χ4v) is 2.06. The van der Waals surface area contributed by atoms with Crippen LogP contribution < -0.4 is 5.32 Å². The van der Waals surface area contributed by atoms with Crippen LogP contribution in [0.2, 0.25) is 0 Å². The predicted molar refractivity (Wildman–Crippen MR) is 78.0 cm³/mol. The van der Waals surface area contributed by atoms with Gasteiger partial charge in [-0.25, -0.2) is 4.98 Å². The third-order valence-corrected chi connectivity index (χ3v) is 3.19. The third kappa shape index (κ3) is 3.70. The maximum absolute atomic E-state index is 4.22. The number of imidazole rings is 1. The number of rotatable bonds is 5. The highest BCUT2D eigenvalue weighted by atomic mass is 15.1.